The fourth-order valence-corrected chi connectivity index (χ4v) is 0.997. The molecule has 1 aliphatic rings. The molecule has 0 amide bonds. The van der Waals surface area contributed by atoms with E-state index in [0.717, 1.165) is 26.1 Å². The highest BCUT2D eigenvalue weighted by Gasteiger charge is 2.06. The summed E-state index contributed by atoms with van der Waals surface area (Å²) in [7, 11) is 0. The molecule has 1 saturated heterocycles. The van der Waals surface area contributed by atoms with Crippen molar-refractivity contribution < 1.29 is 4.74 Å². The molecule has 0 aliphatic carbocycles. The van der Waals surface area contributed by atoms with E-state index in [2.05, 4.69) is 5.32 Å². The molecule has 1 rings (SSSR count). The van der Waals surface area contributed by atoms with Crippen LogP contribution in [0.25, 0.3) is 0 Å². The van der Waals surface area contributed by atoms with Crippen LogP contribution in [0.1, 0.15) is 6.42 Å². The topological polar surface area (TPSA) is 21.3 Å². The minimum absolute atomic E-state index is 0.155. The molecular weight excluding hydrogens is 134 g/mol. The van der Waals surface area contributed by atoms with E-state index in [4.69, 9.17) is 17.0 Å². The third-order valence-corrected chi connectivity index (χ3v) is 1.63. The van der Waals surface area contributed by atoms with Gasteiger partial charge in [-0.3, -0.25) is 0 Å². The Bertz CT molecular complexity index is 89.1. The van der Waals surface area contributed by atoms with Crippen molar-refractivity contribution in [1.82, 2.24) is 5.32 Å². The van der Waals surface area contributed by atoms with Gasteiger partial charge in [0.05, 0.1) is 6.10 Å². The molecule has 0 aromatic carbocycles. The van der Waals surface area contributed by atoms with E-state index in [0.29, 0.717) is 0 Å². The maximum atomic E-state index is 5.33. The lowest BCUT2D eigenvalue weighted by atomic mass is 10.4. The van der Waals surface area contributed by atoms with Crippen LogP contribution in [0, 0.1) is 0 Å². The van der Waals surface area contributed by atoms with E-state index in [1.54, 1.807) is 5.37 Å². The third kappa shape index (κ3) is 2.39. The smallest absolute Gasteiger partial charge is 0.0981 e. The zero-order valence-electron chi connectivity index (χ0n) is 5.30. The van der Waals surface area contributed by atoms with E-state index in [1.165, 1.54) is 0 Å². The van der Waals surface area contributed by atoms with Crippen LogP contribution >= 0.6 is 12.2 Å². The van der Waals surface area contributed by atoms with Crippen LogP contribution in [0.3, 0.4) is 0 Å². The Kier molecular flexibility index (Phi) is 3.11. The average Bonchev–Trinajstić information content (AvgIpc) is 2.13. The van der Waals surface area contributed by atoms with Crippen molar-refractivity contribution in [3.05, 3.63) is 0 Å². The van der Waals surface area contributed by atoms with Crippen LogP contribution in [0.5, 0.6) is 0 Å². The van der Waals surface area contributed by atoms with Crippen LogP contribution in [0.4, 0.5) is 0 Å². The SMILES string of the molecule is S=CC1CNCCCO1. The zero-order chi connectivity index (χ0) is 6.53. The number of rotatable bonds is 1. The summed E-state index contributed by atoms with van der Waals surface area (Å²) in [6, 6.07) is 0. The maximum Gasteiger partial charge on any atom is 0.0981 e. The Labute approximate surface area is 60.6 Å². The van der Waals surface area contributed by atoms with Crippen molar-refractivity contribution in [3.8, 4) is 0 Å². The molecule has 52 valence electrons. The summed E-state index contributed by atoms with van der Waals surface area (Å²) in [5, 5.41) is 4.90. The lowest BCUT2D eigenvalue weighted by Crippen LogP contribution is -2.26. The van der Waals surface area contributed by atoms with E-state index >= 15 is 0 Å². The second kappa shape index (κ2) is 3.93. The molecule has 0 aromatic rings. The first-order chi connectivity index (χ1) is 4.43. The first-order valence-electron chi connectivity index (χ1n) is 3.21. The molecule has 0 radical (unpaired) electrons. The van der Waals surface area contributed by atoms with Gasteiger partial charge in [-0.05, 0) is 13.0 Å². The Morgan fingerprint density at radius 3 is 3.33 bits per heavy atom. The van der Waals surface area contributed by atoms with Crippen molar-refractivity contribution in [1.29, 1.82) is 0 Å². The van der Waals surface area contributed by atoms with Crippen LogP contribution in [-0.2, 0) is 4.74 Å². The highest BCUT2D eigenvalue weighted by Crippen LogP contribution is 1.93. The molecule has 1 aliphatic heterocycles. The molecule has 9 heavy (non-hydrogen) atoms. The lowest BCUT2D eigenvalue weighted by Gasteiger charge is -2.06. The molecule has 1 unspecified atom stereocenters. The van der Waals surface area contributed by atoms with Gasteiger partial charge < -0.3 is 10.1 Å². The lowest BCUT2D eigenvalue weighted by molar-refractivity contribution is 0.117. The predicted octanol–water partition coefficient (Wildman–Crippen LogP) is 0.365. The van der Waals surface area contributed by atoms with Gasteiger partial charge in [-0.15, -0.1) is 0 Å². The summed E-state index contributed by atoms with van der Waals surface area (Å²) in [5.74, 6) is 0. The fraction of sp³-hybridized carbons (Fsp3) is 0.833. The van der Waals surface area contributed by atoms with Crippen LogP contribution in [0.15, 0.2) is 0 Å². The summed E-state index contributed by atoms with van der Waals surface area (Å²) in [4.78, 5) is 0. The minimum atomic E-state index is 0.155. The maximum absolute atomic E-state index is 5.33. The van der Waals surface area contributed by atoms with Gasteiger partial charge >= 0.3 is 0 Å². The van der Waals surface area contributed by atoms with Crippen molar-refractivity contribution in [2.24, 2.45) is 0 Å². The van der Waals surface area contributed by atoms with Crippen LogP contribution < -0.4 is 5.32 Å². The quantitative estimate of drug-likeness (QED) is 0.538. The molecule has 1 N–H and O–H groups in total. The van der Waals surface area contributed by atoms with Gasteiger partial charge in [0.25, 0.3) is 0 Å². The third-order valence-electron chi connectivity index (χ3n) is 1.33. The Hall–Kier alpha value is 0.0100. The zero-order valence-corrected chi connectivity index (χ0v) is 6.12. The van der Waals surface area contributed by atoms with E-state index in [-0.39, 0.29) is 6.10 Å². The number of nitrogens with one attached hydrogen (secondary N) is 1. The first kappa shape index (κ1) is 7.12. The number of thiocarbonyl (C=S) groups is 1. The first-order valence-corrected chi connectivity index (χ1v) is 3.68. The molecule has 3 heteroatoms. The van der Waals surface area contributed by atoms with Gasteiger partial charge in [0.2, 0.25) is 0 Å². The monoisotopic (exact) mass is 145 g/mol. The molecule has 2 nitrogen and oxygen atoms in total. The van der Waals surface area contributed by atoms with E-state index in [1.807, 2.05) is 0 Å². The molecule has 0 aromatic heterocycles. The number of ether oxygens (including phenoxy) is 1. The average molecular weight is 145 g/mol. The van der Waals surface area contributed by atoms with E-state index in [9.17, 15) is 0 Å². The van der Waals surface area contributed by atoms with Gasteiger partial charge in [0.15, 0.2) is 0 Å². The Morgan fingerprint density at radius 2 is 2.56 bits per heavy atom. The molecule has 0 saturated carbocycles. The summed E-state index contributed by atoms with van der Waals surface area (Å²) in [6.45, 7) is 2.77. The molecule has 1 heterocycles. The highest BCUT2D eigenvalue weighted by molar-refractivity contribution is 7.79. The van der Waals surface area contributed by atoms with E-state index < -0.39 is 0 Å². The summed E-state index contributed by atoms with van der Waals surface area (Å²) in [5.41, 5.74) is 0. The molecule has 1 fully saturated rings. The molecular formula is C6H11NOS. The standard InChI is InChI=1S/C6H11NOS/c9-5-6-4-7-2-1-3-8-6/h5-7H,1-4H2. The van der Waals surface area contributed by atoms with Gasteiger partial charge in [0.1, 0.15) is 0 Å². The van der Waals surface area contributed by atoms with Crippen molar-refractivity contribution in [2.45, 2.75) is 12.5 Å². The van der Waals surface area contributed by atoms with Gasteiger partial charge in [-0.25, -0.2) is 0 Å². The molecule has 1 atom stereocenters. The van der Waals surface area contributed by atoms with Crippen LogP contribution in [-0.4, -0.2) is 31.2 Å². The van der Waals surface area contributed by atoms with Crippen molar-refractivity contribution >= 4 is 17.6 Å². The normalized spacial score (nSPS) is 29.1. The van der Waals surface area contributed by atoms with Gasteiger partial charge in [-0.1, -0.05) is 12.2 Å². The summed E-state index contributed by atoms with van der Waals surface area (Å²) < 4.78 is 5.33. The van der Waals surface area contributed by atoms with Gasteiger partial charge in [-0.2, -0.15) is 0 Å². The fourth-order valence-electron chi connectivity index (χ4n) is 0.823. The second-order valence-corrected chi connectivity index (χ2v) is 2.38. The Balaban J connectivity index is 2.26. The minimum Gasteiger partial charge on any atom is -0.372 e. The predicted molar refractivity (Wildman–Crippen MR) is 40.9 cm³/mol. The van der Waals surface area contributed by atoms with Crippen molar-refractivity contribution in [3.63, 3.8) is 0 Å². The highest BCUT2D eigenvalue weighted by atomic mass is 32.1. The number of hydrogen-bond acceptors (Lipinski definition) is 3. The van der Waals surface area contributed by atoms with Crippen LogP contribution in [0.2, 0.25) is 0 Å². The van der Waals surface area contributed by atoms with Crippen molar-refractivity contribution in [2.75, 3.05) is 19.7 Å². The summed E-state index contributed by atoms with van der Waals surface area (Å²) >= 11 is 4.74. The second-order valence-electron chi connectivity index (χ2n) is 2.10. The summed E-state index contributed by atoms with van der Waals surface area (Å²) in [6.07, 6.45) is 1.25. The van der Waals surface area contributed by atoms with Gasteiger partial charge in [0, 0.05) is 18.5 Å². The number of hydrogen-bond donors (Lipinski definition) is 1. The Morgan fingerprint density at radius 1 is 1.67 bits per heavy atom. The molecule has 0 spiro atoms. The largest absolute Gasteiger partial charge is 0.372 e. The molecule has 0 bridgehead atoms.